The van der Waals surface area contributed by atoms with Crippen molar-refractivity contribution in [1.82, 2.24) is 24.9 Å². The SMILES string of the molecule is CC(Nc1nc(-c2ccc(F)cc2)no1)c1nnc2n1CCC2. The van der Waals surface area contributed by atoms with Crippen LogP contribution in [0.3, 0.4) is 0 Å². The van der Waals surface area contributed by atoms with Crippen LogP contribution < -0.4 is 5.32 Å². The number of nitrogens with one attached hydrogen (secondary N) is 1. The lowest BCUT2D eigenvalue weighted by molar-refractivity contribution is 0.427. The number of rotatable bonds is 4. The topological polar surface area (TPSA) is 81.7 Å². The summed E-state index contributed by atoms with van der Waals surface area (Å²) >= 11 is 0. The zero-order valence-corrected chi connectivity index (χ0v) is 12.5. The van der Waals surface area contributed by atoms with Crippen LogP contribution in [-0.4, -0.2) is 24.9 Å². The summed E-state index contributed by atoms with van der Waals surface area (Å²) < 4.78 is 20.3. The number of halogens is 1. The van der Waals surface area contributed by atoms with E-state index in [1.807, 2.05) is 6.92 Å². The van der Waals surface area contributed by atoms with Crippen molar-refractivity contribution in [3.63, 3.8) is 0 Å². The summed E-state index contributed by atoms with van der Waals surface area (Å²) in [6, 6.07) is 6.14. The summed E-state index contributed by atoms with van der Waals surface area (Å²) in [5, 5.41) is 15.5. The number of anilines is 1. The quantitative estimate of drug-likeness (QED) is 0.797. The van der Waals surface area contributed by atoms with E-state index in [4.69, 9.17) is 4.52 Å². The fraction of sp³-hybridized carbons (Fsp3) is 0.333. The molecular formula is C15H15FN6O. The zero-order valence-electron chi connectivity index (χ0n) is 12.5. The van der Waals surface area contributed by atoms with Crippen molar-refractivity contribution in [2.24, 2.45) is 0 Å². The fourth-order valence-corrected chi connectivity index (χ4v) is 2.74. The molecule has 4 rings (SSSR count). The Labute approximate surface area is 131 Å². The molecule has 1 atom stereocenters. The summed E-state index contributed by atoms with van der Waals surface area (Å²) in [6.45, 7) is 2.91. The molecule has 0 spiro atoms. The highest BCUT2D eigenvalue weighted by atomic mass is 19.1. The molecule has 1 unspecified atom stereocenters. The molecule has 1 N–H and O–H groups in total. The van der Waals surface area contributed by atoms with E-state index in [1.165, 1.54) is 12.1 Å². The Morgan fingerprint density at radius 2 is 2.09 bits per heavy atom. The van der Waals surface area contributed by atoms with Crippen molar-refractivity contribution in [2.45, 2.75) is 32.4 Å². The van der Waals surface area contributed by atoms with Gasteiger partial charge in [0.2, 0.25) is 5.82 Å². The number of nitrogens with zero attached hydrogens (tertiary/aromatic N) is 5. The summed E-state index contributed by atoms with van der Waals surface area (Å²) in [5.74, 6) is 1.99. The minimum atomic E-state index is -0.301. The van der Waals surface area contributed by atoms with Crippen LogP contribution in [0.4, 0.5) is 10.4 Å². The smallest absolute Gasteiger partial charge is 0.322 e. The number of hydrogen-bond donors (Lipinski definition) is 1. The van der Waals surface area contributed by atoms with Gasteiger partial charge in [-0.2, -0.15) is 4.98 Å². The van der Waals surface area contributed by atoms with Crippen LogP contribution in [-0.2, 0) is 13.0 Å². The molecule has 1 aliphatic heterocycles. The van der Waals surface area contributed by atoms with E-state index in [2.05, 4.69) is 30.2 Å². The lowest BCUT2D eigenvalue weighted by Crippen LogP contribution is -2.13. The van der Waals surface area contributed by atoms with Crippen LogP contribution >= 0.6 is 0 Å². The van der Waals surface area contributed by atoms with Gasteiger partial charge in [0.25, 0.3) is 0 Å². The largest absolute Gasteiger partial charge is 0.328 e. The molecule has 0 saturated heterocycles. The summed E-state index contributed by atoms with van der Waals surface area (Å²) in [7, 11) is 0. The van der Waals surface area contributed by atoms with Gasteiger partial charge < -0.3 is 14.4 Å². The van der Waals surface area contributed by atoms with Crippen molar-refractivity contribution in [2.75, 3.05) is 5.32 Å². The molecule has 3 aromatic rings. The van der Waals surface area contributed by atoms with Crippen molar-refractivity contribution >= 4 is 6.01 Å². The normalized spacial score (nSPS) is 14.7. The molecular weight excluding hydrogens is 299 g/mol. The second-order valence-corrected chi connectivity index (χ2v) is 5.53. The monoisotopic (exact) mass is 314 g/mol. The highest BCUT2D eigenvalue weighted by molar-refractivity contribution is 5.55. The Bertz CT molecular complexity index is 825. The van der Waals surface area contributed by atoms with E-state index >= 15 is 0 Å². The second-order valence-electron chi connectivity index (χ2n) is 5.53. The third-order valence-electron chi connectivity index (χ3n) is 3.89. The summed E-state index contributed by atoms with van der Waals surface area (Å²) in [6.07, 6.45) is 2.06. The Hall–Kier alpha value is -2.77. The molecule has 0 saturated carbocycles. The molecule has 0 fully saturated rings. The number of fused-ring (bicyclic) bond motifs is 1. The lowest BCUT2D eigenvalue weighted by Gasteiger charge is -2.11. The molecule has 0 amide bonds. The highest BCUT2D eigenvalue weighted by Crippen LogP contribution is 2.23. The Morgan fingerprint density at radius 1 is 1.26 bits per heavy atom. The maximum absolute atomic E-state index is 13.0. The Balaban J connectivity index is 1.52. The summed E-state index contributed by atoms with van der Waals surface area (Å²) in [4.78, 5) is 4.28. The predicted molar refractivity (Wildman–Crippen MR) is 80.1 cm³/mol. The first-order chi connectivity index (χ1) is 11.2. The highest BCUT2D eigenvalue weighted by Gasteiger charge is 2.22. The molecule has 7 nitrogen and oxygen atoms in total. The van der Waals surface area contributed by atoms with Crippen LogP contribution in [0.5, 0.6) is 0 Å². The average molecular weight is 314 g/mol. The van der Waals surface area contributed by atoms with Crippen molar-refractivity contribution in [1.29, 1.82) is 0 Å². The number of aromatic nitrogens is 5. The number of hydrogen-bond acceptors (Lipinski definition) is 6. The van der Waals surface area contributed by atoms with Crippen LogP contribution in [0.2, 0.25) is 0 Å². The fourth-order valence-electron chi connectivity index (χ4n) is 2.74. The minimum absolute atomic E-state index is 0.101. The predicted octanol–water partition coefficient (Wildman–Crippen LogP) is 2.59. The van der Waals surface area contributed by atoms with Gasteiger partial charge in [-0.15, -0.1) is 10.2 Å². The average Bonchev–Trinajstić information content (AvgIpc) is 3.23. The standard InChI is InChI=1S/C15H15FN6O/c1-9(14-20-19-12-3-2-8-22(12)14)17-15-18-13(21-23-15)10-4-6-11(16)7-5-10/h4-7,9H,2-3,8H2,1H3,(H,17,18,21). The maximum atomic E-state index is 13.0. The zero-order chi connectivity index (χ0) is 15.8. The van der Waals surface area contributed by atoms with Crippen LogP contribution in [0.15, 0.2) is 28.8 Å². The van der Waals surface area contributed by atoms with Gasteiger partial charge in [-0.1, -0.05) is 5.16 Å². The van der Waals surface area contributed by atoms with Gasteiger partial charge in [0.05, 0.1) is 6.04 Å². The van der Waals surface area contributed by atoms with Crippen molar-refractivity contribution < 1.29 is 8.91 Å². The molecule has 0 aliphatic carbocycles. The van der Waals surface area contributed by atoms with E-state index in [-0.39, 0.29) is 11.9 Å². The molecule has 0 radical (unpaired) electrons. The molecule has 2 aromatic heterocycles. The van der Waals surface area contributed by atoms with Gasteiger partial charge in [0, 0.05) is 18.5 Å². The van der Waals surface area contributed by atoms with E-state index in [9.17, 15) is 4.39 Å². The van der Waals surface area contributed by atoms with E-state index in [0.717, 1.165) is 31.0 Å². The number of aryl methyl sites for hydroxylation is 1. The van der Waals surface area contributed by atoms with Crippen molar-refractivity contribution in [3.8, 4) is 11.4 Å². The van der Waals surface area contributed by atoms with Gasteiger partial charge in [-0.25, -0.2) is 4.39 Å². The third kappa shape index (κ3) is 2.56. The van der Waals surface area contributed by atoms with E-state index in [0.29, 0.717) is 17.4 Å². The van der Waals surface area contributed by atoms with Crippen molar-refractivity contribution in [3.05, 3.63) is 41.7 Å². The molecule has 3 heterocycles. The van der Waals surface area contributed by atoms with E-state index < -0.39 is 0 Å². The molecule has 1 aromatic carbocycles. The van der Waals surface area contributed by atoms with E-state index in [1.54, 1.807) is 12.1 Å². The van der Waals surface area contributed by atoms with Crippen LogP contribution in [0.1, 0.15) is 31.0 Å². The minimum Gasteiger partial charge on any atom is -0.328 e. The van der Waals surface area contributed by atoms with Gasteiger partial charge in [0.1, 0.15) is 11.6 Å². The van der Waals surface area contributed by atoms with Crippen LogP contribution in [0.25, 0.3) is 11.4 Å². The first-order valence-corrected chi connectivity index (χ1v) is 7.49. The summed E-state index contributed by atoms with van der Waals surface area (Å²) in [5.41, 5.74) is 0.694. The van der Waals surface area contributed by atoms with Gasteiger partial charge in [-0.05, 0) is 37.6 Å². The van der Waals surface area contributed by atoms with Crippen LogP contribution in [0, 0.1) is 5.82 Å². The van der Waals surface area contributed by atoms with Gasteiger partial charge >= 0.3 is 6.01 Å². The molecule has 118 valence electrons. The third-order valence-corrected chi connectivity index (χ3v) is 3.89. The maximum Gasteiger partial charge on any atom is 0.322 e. The number of benzene rings is 1. The molecule has 1 aliphatic rings. The molecule has 0 bridgehead atoms. The first kappa shape index (κ1) is 13.9. The molecule has 23 heavy (non-hydrogen) atoms. The van der Waals surface area contributed by atoms with Gasteiger partial charge in [-0.3, -0.25) is 0 Å². The first-order valence-electron chi connectivity index (χ1n) is 7.49. The molecule has 8 heteroatoms. The lowest BCUT2D eigenvalue weighted by atomic mass is 10.2. The Kier molecular flexibility index (Phi) is 3.29. The Morgan fingerprint density at radius 3 is 2.91 bits per heavy atom. The second kappa shape index (κ2) is 5.45. The van der Waals surface area contributed by atoms with Gasteiger partial charge in [0.15, 0.2) is 5.82 Å².